The minimum Gasteiger partial charge on any atom is -0.349 e. The van der Waals surface area contributed by atoms with Gasteiger partial charge in [-0.25, -0.2) is 4.79 Å². The zero-order chi connectivity index (χ0) is 13.8. The quantitative estimate of drug-likeness (QED) is 0.858. The second-order valence-electron chi connectivity index (χ2n) is 4.63. The van der Waals surface area contributed by atoms with Crippen LogP contribution in [0.5, 0.6) is 0 Å². The molecule has 19 heavy (non-hydrogen) atoms. The highest BCUT2D eigenvalue weighted by Gasteiger charge is 2.13. The number of aromatic nitrogens is 3. The summed E-state index contributed by atoms with van der Waals surface area (Å²) in [6.45, 7) is 4.52. The molecule has 0 fully saturated rings. The molecule has 2 N–H and O–H groups in total. The summed E-state index contributed by atoms with van der Waals surface area (Å²) in [6, 6.07) is 8.94. The van der Waals surface area contributed by atoms with Gasteiger partial charge >= 0.3 is 5.69 Å². The molecule has 1 aromatic carbocycles. The molecule has 0 saturated carbocycles. The fourth-order valence-electron chi connectivity index (χ4n) is 1.55. The van der Waals surface area contributed by atoms with E-state index in [1.807, 2.05) is 19.9 Å². The van der Waals surface area contributed by atoms with Crippen molar-refractivity contribution in [3.8, 4) is 5.69 Å². The molecular formula is C13H16N4O2. The van der Waals surface area contributed by atoms with Crippen LogP contribution in [0.25, 0.3) is 5.69 Å². The Morgan fingerprint density at radius 1 is 1.37 bits per heavy atom. The molecule has 0 unspecified atom stereocenters. The summed E-state index contributed by atoms with van der Waals surface area (Å²) < 4.78 is 1.17. The van der Waals surface area contributed by atoms with Crippen LogP contribution in [0.2, 0.25) is 0 Å². The van der Waals surface area contributed by atoms with Gasteiger partial charge in [0.25, 0.3) is 5.91 Å². The Bertz CT molecular complexity index is 613. The Morgan fingerprint density at radius 2 is 2.05 bits per heavy atom. The van der Waals surface area contributed by atoms with Crippen molar-refractivity contribution in [2.75, 3.05) is 6.54 Å². The number of carbonyl (C=O) groups excluding carboxylic acids is 1. The topological polar surface area (TPSA) is 79.8 Å². The van der Waals surface area contributed by atoms with E-state index < -0.39 is 5.69 Å². The molecule has 0 aliphatic heterocycles. The second kappa shape index (κ2) is 5.51. The van der Waals surface area contributed by atoms with Gasteiger partial charge in [0.05, 0.1) is 5.69 Å². The summed E-state index contributed by atoms with van der Waals surface area (Å²) in [5.41, 5.74) is 0.188. The lowest BCUT2D eigenvalue weighted by Gasteiger charge is -2.04. The van der Waals surface area contributed by atoms with Crippen LogP contribution in [0, 0.1) is 5.92 Å². The van der Waals surface area contributed by atoms with E-state index in [9.17, 15) is 9.59 Å². The maximum atomic E-state index is 11.8. The number of amides is 1. The third kappa shape index (κ3) is 3.09. The van der Waals surface area contributed by atoms with Crippen molar-refractivity contribution >= 4 is 5.91 Å². The number of nitrogens with one attached hydrogen (secondary N) is 2. The molecule has 1 heterocycles. The smallest absolute Gasteiger partial charge is 0.348 e. The van der Waals surface area contributed by atoms with Crippen molar-refractivity contribution in [2.45, 2.75) is 13.8 Å². The summed E-state index contributed by atoms with van der Waals surface area (Å²) >= 11 is 0. The molecule has 0 atom stereocenters. The highest BCUT2D eigenvalue weighted by Crippen LogP contribution is 2.02. The third-order valence-electron chi connectivity index (χ3n) is 2.50. The number of hydrogen-bond acceptors (Lipinski definition) is 3. The predicted molar refractivity (Wildman–Crippen MR) is 71.4 cm³/mol. The van der Waals surface area contributed by atoms with E-state index in [4.69, 9.17) is 0 Å². The van der Waals surface area contributed by atoms with Crippen LogP contribution in [0.15, 0.2) is 35.1 Å². The van der Waals surface area contributed by atoms with E-state index in [-0.39, 0.29) is 11.7 Å². The Kier molecular flexibility index (Phi) is 3.79. The van der Waals surface area contributed by atoms with Crippen LogP contribution in [-0.2, 0) is 0 Å². The van der Waals surface area contributed by atoms with Gasteiger partial charge in [-0.3, -0.25) is 9.78 Å². The minimum absolute atomic E-state index is 0.0227. The van der Waals surface area contributed by atoms with Gasteiger partial charge in [-0.15, -0.1) is 5.10 Å². The monoisotopic (exact) mass is 260 g/mol. The molecule has 1 aromatic heterocycles. The van der Waals surface area contributed by atoms with Gasteiger partial charge in [0.2, 0.25) is 5.82 Å². The van der Waals surface area contributed by atoms with Gasteiger partial charge < -0.3 is 5.32 Å². The summed E-state index contributed by atoms with van der Waals surface area (Å²) in [5, 5.41) is 6.70. The van der Waals surface area contributed by atoms with Crippen LogP contribution in [0.1, 0.15) is 24.5 Å². The Hall–Kier alpha value is -2.37. The van der Waals surface area contributed by atoms with Crippen LogP contribution < -0.4 is 11.0 Å². The van der Waals surface area contributed by atoms with Crippen molar-refractivity contribution in [2.24, 2.45) is 5.92 Å². The maximum Gasteiger partial charge on any atom is 0.348 e. The Labute approximate surface area is 110 Å². The maximum absolute atomic E-state index is 11.8. The number of para-hydroxylation sites is 1. The van der Waals surface area contributed by atoms with Gasteiger partial charge in [0.1, 0.15) is 0 Å². The van der Waals surface area contributed by atoms with Crippen molar-refractivity contribution < 1.29 is 4.79 Å². The normalized spacial score (nSPS) is 10.7. The zero-order valence-corrected chi connectivity index (χ0v) is 10.9. The number of benzene rings is 1. The molecular weight excluding hydrogens is 244 g/mol. The molecule has 2 aromatic rings. The predicted octanol–water partition coefficient (Wildman–Crippen LogP) is 0.946. The van der Waals surface area contributed by atoms with E-state index in [0.717, 1.165) is 0 Å². The number of rotatable bonds is 4. The van der Waals surface area contributed by atoms with Crippen LogP contribution in [0.4, 0.5) is 0 Å². The van der Waals surface area contributed by atoms with Gasteiger partial charge in [0.15, 0.2) is 0 Å². The van der Waals surface area contributed by atoms with E-state index in [2.05, 4.69) is 15.4 Å². The number of hydrogen-bond donors (Lipinski definition) is 2. The second-order valence-corrected chi connectivity index (χ2v) is 4.63. The Balaban J connectivity index is 2.22. The van der Waals surface area contributed by atoms with E-state index >= 15 is 0 Å². The van der Waals surface area contributed by atoms with Gasteiger partial charge in [-0.05, 0) is 18.1 Å². The molecule has 100 valence electrons. The molecule has 0 spiro atoms. The molecule has 0 radical (unpaired) electrons. The number of aromatic amines is 1. The molecule has 0 bridgehead atoms. The average molecular weight is 260 g/mol. The highest BCUT2D eigenvalue weighted by atomic mass is 16.2. The molecule has 1 amide bonds. The van der Waals surface area contributed by atoms with Gasteiger partial charge in [-0.2, -0.15) is 4.68 Å². The van der Waals surface area contributed by atoms with Crippen molar-refractivity contribution in [3.05, 3.63) is 46.6 Å². The van der Waals surface area contributed by atoms with Crippen molar-refractivity contribution in [1.29, 1.82) is 0 Å². The fourth-order valence-corrected chi connectivity index (χ4v) is 1.55. The molecule has 6 heteroatoms. The summed E-state index contributed by atoms with van der Waals surface area (Å²) in [7, 11) is 0. The fraction of sp³-hybridized carbons (Fsp3) is 0.308. The lowest BCUT2D eigenvalue weighted by Crippen LogP contribution is -2.28. The van der Waals surface area contributed by atoms with E-state index in [0.29, 0.717) is 18.2 Å². The lowest BCUT2D eigenvalue weighted by molar-refractivity contribution is 0.0938. The molecule has 6 nitrogen and oxygen atoms in total. The first-order valence-corrected chi connectivity index (χ1v) is 6.11. The van der Waals surface area contributed by atoms with Gasteiger partial charge in [-0.1, -0.05) is 32.0 Å². The van der Waals surface area contributed by atoms with Crippen LogP contribution in [0.3, 0.4) is 0 Å². The SMILES string of the molecule is CC(C)CNC(=O)c1nn(-c2ccccc2)c(=O)[nH]1. The van der Waals surface area contributed by atoms with Gasteiger partial charge in [0, 0.05) is 6.54 Å². The standard InChI is InChI=1S/C13H16N4O2/c1-9(2)8-14-12(18)11-15-13(19)17(16-11)10-6-4-3-5-7-10/h3-7,9H,8H2,1-2H3,(H,14,18)(H,15,16,19). The lowest BCUT2D eigenvalue weighted by atomic mass is 10.2. The minimum atomic E-state index is -0.430. The zero-order valence-electron chi connectivity index (χ0n) is 10.9. The van der Waals surface area contributed by atoms with Crippen molar-refractivity contribution in [1.82, 2.24) is 20.1 Å². The Morgan fingerprint density at radius 3 is 2.68 bits per heavy atom. The third-order valence-corrected chi connectivity index (χ3v) is 2.50. The van der Waals surface area contributed by atoms with E-state index in [1.54, 1.807) is 24.3 Å². The summed E-state index contributed by atoms with van der Waals surface area (Å²) in [6.07, 6.45) is 0. The number of H-pyrrole nitrogens is 1. The van der Waals surface area contributed by atoms with Crippen LogP contribution >= 0.6 is 0 Å². The first-order chi connectivity index (χ1) is 9.08. The molecule has 0 aliphatic carbocycles. The van der Waals surface area contributed by atoms with Crippen molar-refractivity contribution in [3.63, 3.8) is 0 Å². The molecule has 2 rings (SSSR count). The first kappa shape index (κ1) is 13.1. The summed E-state index contributed by atoms with van der Waals surface area (Å²) in [4.78, 5) is 26.0. The molecule has 0 aliphatic rings. The number of nitrogens with zero attached hydrogens (tertiary/aromatic N) is 2. The van der Waals surface area contributed by atoms with E-state index in [1.165, 1.54) is 4.68 Å². The van der Waals surface area contributed by atoms with Crippen LogP contribution in [-0.4, -0.2) is 27.2 Å². The summed E-state index contributed by atoms with van der Waals surface area (Å²) in [5.74, 6) is -0.0122. The average Bonchev–Trinajstić information content (AvgIpc) is 2.79. The first-order valence-electron chi connectivity index (χ1n) is 6.11. The largest absolute Gasteiger partial charge is 0.349 e. The number of carbonyl (C=O) groups is 1. The molecule has 0 saturated heterocycles. The highest BCUT2D eigenvalue weighted by molar-refractivity contribution is 5.90.